The van der Waals surface area contributed by atoms with Crippen LogP contribution in [0.1, 0.15) is 32.4 Å². The third-order valence-corrected chi connectivity index (χ3v) is 4.83. The molecule has 0 aromatic heterocycles. The second kappa shape index (κ2) is 5.36. The Labute approximate surface area is 143 Å². The fourth-order valence-electron chi connectivity index (χ4n) is 3.50. The van der Waals surface area contributed by atoms with Crippen LogP contribution >= 0.6 is 12.4 Å². The van der Waals surface area contributed by atoms with E-state index in [1.165, 1.54) is 37.9 Å². The van der Waals surface area contributed by atoms with Crippen LogP contribution in [0.3, 0.4) is 0 Å². The molecule has 0 spiro atoms. The Bertz CT molecular complexity index is 966. The van der Waals surface area contributed by atoms with Gasteiger partial charge < -0.3 is 5.73 Å². The van der Waals surface area contributed by atoms with Crippen LogP contribution in [0.15, 0.2) is 54.6 Å². The van der Waals surface area contributed by atoms with Gasteiger partial charge in [0.1, 0.15) is 0 Å². The van der Waals surface area contributed by atoms with Crippen molar-refractivity contribution in [3.8, 4) is 0 Å². The predicted molar refractivity (Wildman–Crippen MR) is 104 cm³/mol. The third-order valence-electron chi connectivity index (χ3n) is 4.83. The van der Waals surface area contributed by atoms with Crippen molar-refractivity contribution in [2.24, 2.45) is 11.1 Å². The molecule has 4 aromatic rings. The zero-order valence-electron chi connectivity index (χ0n) is 13.8. The molecule has 0 bridgehead atoms. The van der Waals surface area contributed by atoms with Crippen LogP contribution in [-0.2, 0) is 0 Å². The lowest BCUT2D eigenvalue weighted by molar-refractivity contribution is 0.328. The number of halogens is 1. The van der Waals surface area contributed by atoms with E-state index in [4.69, 9.17) is 5.73 Å². The molecule has 0 radical (unpaired) electrons. The van der Waals surface area contributed by atoms with Crippen LogP contribution in [0.4, 0.5) is 0 Å². The van der Waals surface area contributed by atoms with Crippen molar-refractivity contribution in [3.05, 3.63) is 60.2 Å². The first-order chi connectivity index (χ1) is 10.5. The molecule has 1 nitrogen and oxygen atoms in total. The molecule has 2 heteroatoms. The highest BCUT2D eigenvalue weighted by molar-refractivity contribution is 6.23. The van der Waals surface area contributed by atoms with Crippen LogP contribution in [0.5, 0.6) is 0 Å². The maximum atomic E-state index is 6.57. The quantitative estimate of drug-likeness (QED) is 0.424. The Kier molecular flexibility index (Phi) is 3.74. The minimum absolute atomic E-state index is 0. The Balaban J connectivity index is 0.00000156. The van der Waals surface area contributed by atoms with Gasteiger partial charge in [-0.05, 0) is 43.3 Å². The van der Waals surface area contributed by atoms with Crippen molar-refractivity contribution in [1.82, 2.24) is 0 Å². The average Bonchev–Trinajstić information content (AvgIpc) is 2.51. The molecule has 118 valence electrons. The van der Waals surface area contributed by atoms with Gasteiger partial charge in [0, 0.05) is 6.04 Å². The van der Waals surface area contributed by atoms with Crippen LogP contribution in [0, 0.1) is 5.41 Å². The number of hydrogen-bond donors (Lipinski definition) is 1. The Hall–Kier alpha value is -1.83. The normalized spacial score (nSPS) is 13.6. The largest absolute Gasteiger partial charge is 0.323 e. The predicted octanol–water partition coefficient (Wildman–Crippen LogP) is 6.05. The van der Waals surface area contributed by atoms with Crippen molar-refractivity contribution in [2.75, 3.05) is 0 Å². The lowest BCUT2D eigenvalue weighted by Crippen LogP contribution is -2.26. The van der Waals surface area contributed by atoms with E-state index in [1.54, 1.807) is 0 Å². The molecule has 0 amide bonds. The standard InChI is InChI=1S/C21H21N.ClH/c1-21(2,3)20(22)17-12-10-15-8-7-13-5-4-6-14-9-11-16(17)19(15)18(13)14;/h4-12,20H,22H2,1-3H3;1H/t20-;/m1./s1. The number of nitrogens with two attached hydrogens (primary N) is 1. The van der Waals surface area contributed by atoms with Gasteiger partial charge in [-0.25, -0.2) is 0 Å². The first-order valence-corrected chi connectivity index (χ1v) is 7.89. The highest BCUT2D eigenvalue weighted by Gasteiger charge is 2.24. The molecule has 0 saturated carbocycles. The van der Waals surface area contributed by atoms with Gasteiger partial charge in [-0.3, -0.25) is 0 Å². The topological polar surface area (TPSA) is 26.0 Å². The molecule has 0 fully saturated rings. The van der Waals surface area contributed by atoms with Crippen molar-refractivity contribution < 1.29 is 0 Å². The monoisotopic (exact) mass is 323 g/mol. The summed E-state index contributed by atoms with van der Waals surface area (Å²) in [5.74, 6) is 0. The summed E-state index contributed by atoms with van der Waals surface area (Å²) in [6.45, 7) is 6.61. The molecule has 0 aliphatic rings. The Morgan fingerprint density at radius 1 is 0.739 bits per heavy atom. The minimum Gasteiger partial charge on any atom is -0.323 e. The molecule has 23 heavy (non-hydrogen) atoms. The summed E-state index contributed by atoms with van der Waals surface area (Å²) < 4.78 is 0. The second-order valence-electron chi connectivity index (χ2n) is 7.35. The summed E-state index contributed by atoms with van der Waals surface area (Å²) in [5.41, 5.74) is 7.86. The molecular weight excluding hydrogens is 302 g/mol. The van der Waals surface area contributed by atoms with Crippen LogP contribution in [0.25, 0.3) is 32.3 Å². The SMILES string of the molecule is CC(C)(C)[C@H](N)c1ccc2ccc3cccc4ccc1c2c34.Cl. The number of rotatable bonds is 1. The zero-order chi connectivity index (χ0) is 15.5. The molecule has 0 aliphatic carbocycles. The summed E-state index contributed by atoms with van der Waals surface area (Å²) in [5, 5.41) is 7.91. The summed E-state index contributed by atoms with van der Waals surface area (Å²) in [6, 6.07) is 19.9. The van der Waals surface area contributed by atoms with Gasteiger partial charge in [0.2, 0.25) is 0 Å². The van der Waals surface area contributed by atoms with Crippen LogP contribution < -0.4 is 5.73 Å². The minimum atomic E-state index is 0. The van der Waals surface area contributed by atoms with Gasteiger partial charge in [-0.2, -0.15) is 0 Å². The zero-order valence-corrected chi connectivity index (χ0v) is 14.6. The fourth-order valence-corrected chi connectivity index (χ4v) is 3.50. The van der Waals surface area contributed by atoms with E-state index in [0.717, 1.165) is 0 Å². The molecule has 1 atom stereocenters. The first-order valence-electron chi connectivity index (χ1n) is 7.89. The second-order valence-corrected chi connectivity index (χ2v) is 7.35. The Morgan fingerprint density at radius 3 is 1.87 bits per heavy atom. The molecule has 4 aromatic carbocycles. The fraction of sp³-hybridized carbons (Fsp3) is 0.238. The summed E-state index contributed by atoms with van der Waals surface area (Å²) >= 11 is 0. The van der Waals surface area contributed by atoms with Gasteiger partial charge in [0.25, 0.3) is 0 Å². The summed E-state index contributed by atoms with van der Waals surface area (Å²) in [6.07, 6.45) is 0. The summed E-state index contributed by atoms with van der Waals surface area (Å²) in [4.78, 5) is 0. The molecule has 0 heterocycles. The van der Waals surface area contributed by atoms with Crippen molar-refractivity contribution in [1.29, 1.82) is 0 Å². The van der Waals surface area contributed by atoms with E-state index in [2.05, 4.69) is 75.4 Å². The van der Waals surface area contributed by atoms with Crippen molar-refractivity contribution in [3.63, 3.8) is 0 Å². The van der Waals surface area contributed by atoms with Gasteiger partial charge in [0.15, 0.2) is 0 Å². The molecule has 4 rings (SSSR count). The summed E-state index contributed by atoms with van der Waals surface area (Å²) in [7, 11) is 0. The van der Waals surface area contributed by atoms with E-state index >= 15 is 0 Å². The van der Waals surface area contributed by atoms with E-state index < -0.39 is 0 Å². The van der Waals surface area contributed by atoms with Crippen molar-refractivity contribution in [2.45, 2.75) is 26.8 Å². The maximum Gasteiger partial charge on any atom is 0.0350 e. The number of hydrogen-bond acceptors (Lipinski definition) is 1. The van der Waals surface area contributed by atoms with E-state index in [-0.39, 0.29) is 23.9 Å². The van der Waals surface area contributed by atoms with Crippen LogP contribution in [0.2, 0.25) is 0 Å². The average molecular weight is 324 g/mol. The van der Waals surface area contributed by atoms with Gasteiger partial charge in [-0.15, -0.1) is 12.4 Å². The molecule has 0 aliphatic heterocycles. The molecule has 0 unspecified atom stereocenters. The first kappa shape index (κ1) is 16.0. The number of benzene rings is 4. The molecular formula is C21H22ClN. The van der Waals surface area contributed by atoms with E-state index in [9.17, 15) is 0 Å². The third kappa shape index (κ3) is 2.36. The van der Waals surface area contributed by atoms with Gasteiger partial charge >= 0.3 is 0 Å². The van der Waals surface area contributed by atoms with Crippen LogP contribution in [-0.4, -0.2) is 0 Å². The maximum absolute atomic E-state index is 6.57. The van der Waals surface area contributed by atoms with Gasteiger partial charge in [0.05, 0.1) is 0 Å². The van der Waals surface area contributed by atoms with Gasteiger partial charge in [-0.1, -0.05) is 75.4 Å². The highest BCUT2D eigenvalue weighted by Crippen LogP contribution is 2.40. The van der Waals surface area contributed by atoms with E-state index in [1.807, 2.05) is 0 Å². The molecule has 2 N–H and O–H groups in total. The lowest BCUT2D eigenvalue weighted by atomic mass is 9.80. The lowest BCUT2D eigenvalue weighted by Gasteiger charge is -2.29. The molecule has 0 saturated heterocycles. The smallest absolute Gasteiger partial charge is 0.0350 e. The highest BCUT2D eigenvalue weighted by atomic mass is 35.5. The van der Waals surface area contributed by atoms with Crippen molar-refractivity contribution >= 4 is 44.7 Å². The van der Waals surface area contributed by atoms with E-state index in [0.29, 0.717) is 0 Å². The Morgan fingerprint density at radius 2 is 1.26 bits per heavy atom.